The Hall–Kier alpha value is -1.90. The van der Waals surface area contributed by atoms with E-state index in [4.69, 9.17) is 4.74 Å². The summed E-state index contributed by atoms with van der Waals surface area (Å²) in [5, 5.41) is 0. The molecule has 0 radical (unpaired) electrons. The van der Waals surface area contributed by atoms with Crippen LogP contribution in [0.2, 0.25) is 0 Å². The van der Waals surface area contributed by atoms with Gasteiger partial charge in [0.1, 0.15) is 11.2 Å². The van der Waals surface area contributed by atoms with E-state index in [0.29, 0.717) is 25.9 Å². The average Bonchev–Trinajstić information content (AvgIpc) is 2.72. The highest BCUT2D eigenvalue weighted by atomic mass is 16.5. The van der Waals surface area contributed by atoms with E-state index < -0.39 is 5.41 Å². The van der Waals surface area contributed by atoms with Gasteiger partial charge in [-0.15, -0.1) is 0 Å². The van der Waals surface area contributed by atoms with Gasteiger partial charge in [-0.05, 0) is 31.7 Å². The van der Waals surface area contributed by atoms with Crippen molar-refractivity contribution in [2.24, 2.45) is 5.41 Å². The van der Waals surface area contributed by atoms with Crippen molar-refractivity contribution in [3.63, 3.8) is 0 Å². The first-order valence-electron chi connectivity index (χ1n) is 8.11. The standard InChI is InChI=1S/C19H24O3/c1-2-22-18(21)19(14-8-4-7-13-17(19)20)15-9-12-16-10-5-3-6-11-16/h3,5-6,9-12H,2,4,7-8,13-15H2,1H3/b12-9+/t19-/m0/s1. The molecule has 0 N–H and O–H groups in total. The molecule has 22 heavy (non-hydrogen) atoms. The molecule has 0 unspecified atom stereocenters. The Kier molecular flexibility index (Phi) is 5.93. The highest BCUT2D eigenvalue weighted by Gasteiger charge is 2.45. The second-order valence-electron chi connectivity index (χ2n) is 5.80. The number of hydrogen-bond acceptors (Lipinski definition) is 3. The number of allylic oxidation sites excluding steroid dienone is 1. The SMILES string of the molecule is CCOC(=O)[C@]1(C/C=C/c2ccccc2)CCCCCC1=O. The number of hydrogen-bond donors (Lipinski definition) is 0. The molecule has 3 heteroatoms. The summed E-state index contributed by atoms with van der Waals surface area (Å²) in [5.74, 6) is -0.305. The van der Waals surface area contributed by atoms with Gasteiger partial charge < -0.3 is 4.74 Å². The summed E-state index contributed by atoms with van der Waals surface area (Å²) in [6.45, 7) is 2.10. The third-order valence-electron chi connectivity index (χ3n) is 4.28. The van der Waals surface area contributed by atoms with Crippen LogP contribution in [0, 0.1) is 5.41 Å². The van der Waals surface area contributed by atoms with Crippen LogP contribution < -0.4 is 0 Å². The number of Topliss-reactive ketones (excluding diaryl/α,β-unsaturated/α-hetero) is 1. The molecule has 0 bridgehead atoms. The van der Waals surface area contributed by atoms with Gasteiger partial charge in [0.2, 0.25) is 0 Å². The molecule has 0 saturated heterocycles. The monoisotopic (exact) mass is 300 g/mol. The van der Waals surface area contributed by atoms with Crippen molar-refractivity contribution in [3.05, 3.63) is 42.0 Å². The summed E-state index contributed by atoms with van der Waals surface area (Å²) in [5.41, 5.74) is 0.0974. The van der Waals surface area contributed by atoms with Gasteiger partial charge >= 0.3 is 5.97 Å². The number of esters is 1. The molecule has 0 heterocycles. The molecular formula is C19H24O3. The Bertz CT molecular complexity index is 533. The molecule has 1 aliphatic rings. The van der Waals surface area contributed by atoms with Gasteiger partial charge in [-0.2, -0.15) is 0 Å². The molecule has 0 aromatic heterocycles. The van der Waals surface area contributed by atoms with Crippen molar-refractivity contribution in [2.45, 2.75) is 45.4 Å². The van der Waals surface area contributed by atoms with Gasteiger partial charge in [0, 0.05) is 6.42 Å². The second kappa shape index (κ2) is 7.92. The fourth-order valence-corrected chi connectivity index (χ4v) is 3.01. The summed E-state index contributed by atoms with van der Waals surface area (Å²) < 4.78 is 5.22. The highest BCUT2D eigenvalue weighted by molar-refractivity contribution is 6.04. The van der Waals surface area contributed by atoms with Crippen LogP contribution in [0.5, 0.6) is 0 Å². The second-order valence-corrected chi connectivity index (χ2v) is 5.80. The van der Waals surface area contributed by atoms with Crippen LogP contribution in [0.25, 0.3) is 6.08 Å². The minimum absolute atomic E-state index is 0.0427. The lowest BCUT2D eigenvalue weighted by Gasteiger charge is -2.27. The van der Waals surface area contributed by atoms with E-state index in [1.54, 1.807) is 6.92 Å². The summed E-state index contributed by atoms with van der Waals surface area (Å²) in [6.07, 6.45) is 8.22. The Morgan fingerprint density at radius 3 is 2.73 bits per heavy atom. The van der Waals surface area contributed by atoms with Gasteiger partial charge in [0.25, 0.3) is 0 Å². The number of carbonyl (C=O) groups excluding carboxylic acids is 2. The normalized spacial score (nSPS) is 22.5. The Morgan fingerprint density at radius 2 is 2.00 bits per heavy atom. The number of carbonyl (C=O) groups is 2. The summed E-state index contributed by atoms with van der Waals surface area (Å²) in [6, 6.07) is 9.91. The lowest BCUT2D eigenvalue weighted by molar-refractivity contribution is -0.160. The zero-order valence-electron chi connectivity index (χ0n) is 13.2. The Labute approximate surface area is 132 Å². The molecular weight excluding hydrogens is 276 g/mol. The summed E-state index contributed by atoms with van der Waals surface area (Å²) in [7, 11) is 0. The fraction of sp³-hybridized carbons (Fsp3) is 0.474. The van der Waals surface area contributed by atoms with Gasteiger partial charge in [-0.3, -0.25) is 9.59 Å². The van der Waals surface area contributed by atoms with Gasteiger partial charge in [0.05, 0.1) is 6.61 Å². The van der Waals surface area contributed by atoms with Crippen molar-refractivity contribution in [1.29, 1.82) is 0 Å². The zero-order valence-corrected chi connectivity index (χ0v) is 13.2. The van der Waals surface area contributed by atoms with Crippen LogP contribution in [0.3, 0.4) is 0 Å². The maximum atomic E-state index is 12.6. The maximum Gasteiger partial charge on any atom is 0.319 e. The molecule has 1 aliphatic carbocycles. The van der Waals surface area contributed by atoms with E-state index in [9.17, 15) is 9.59 Å². The van der Waals surface area contributed by atoms with Crippen LogP contribution >= 0.6 is 0 Å². The van der Waals surface area contributed by atoms with Gasteiger partial charge in [0.15, 0.2) is 0 Å². The van der Waals surface area contributed by atoms with Crippen LogP contribution in [-0.4, -0.2) is 18.4 Å². The average molecular weight is 300 g/mol. The molecule has 118 valence electrons. The van der Waals surface area contributed by atoms with Gasteiger partial charge in [-0.1, -0.05) is 55.3 Å². The van der Waals surface area contributed by atoms with Crippen molar-refractivity contribution in [3.8, 4) is 0 Å². The molecule has 0 spiro atoms. The van der Waals surface area contributed by atoms with Crippen LogP contribution in [-0.2, 0) is 14.3 Å². The molecule has 1 saturated carbocycles. The Balaban J connectivity index is 2.18. The van der Waals surface area contributed by atoms with E-state index in [0.717, 1.165) is 24.8 Å². The van der Waals surface area contributed by atoms with Crippen molar-refractivity contribution < 1.29 is 14.3 Å². The van der Waals surface area contributed by atoms with Gasteiger partial charge in [-0.25, -0.2) is 0 Å². The molecule has 0 aliphatic heterocycles. The van der Waals surface area contributed by atoms with Crippen molar-refractivity contribution >= 4 is 17.8 Å². The van der Waals surface area contributed by atoms with Crippen LogP contribution in [0.4, 0.5) is 0 Å². The number of rotatable bonds is 5. The van der Waals surface area contributed by atoms with Crippen LogP contribution in [0.15, 0.2) is 36.4 Å². The maximum absolute atomic E-state index is 12.6. The number of ketones is 1. The van der Waals surface area contributed by atoms with Crippen molar-refractivity contribution in [2.75, 3.05) is 6.61 Å². The lowest BCUT2D eigenvalue weighted by atomic mass is 9.76. The van der Waals surface area contributed by atoms with Crippen molar-refractivity contribution in [1.82, 2.24) is 0 Å². The molecule has 1 aromatic carbocycles. The smallest absolute Gasteiger partial charge is 0.319 e. The van der Waals surface area contributed by atoms with E-state index in [2.05, 4.69) is 0 Å². The van der Waals surface area contributed by atoms with E-state index in [1.807, 2.05) is 42.5 Å². The van der Waals surface area contributed by atoms with Crippen LogP contribution in [0.1, 0.15) is 51.0 Å². The highest BCUT2D eigenvalue weighted by Crippen LogP contribution is 2.37. The lowest BCUT2D eigenvalue weighted by Crippen LogP contribution is -2.39. The number of benzene rings is 1. The summed E-state index contributed by atoms with van der Waals surface area (Å²) in [4.78, 5) is 25.0. The van der Waals surface area contributed by atoms with E-state index in [1.165, 1.54) is 0 Å². The third-order valence-corrected chi connectivity index (χ3v) is 4.28. The number of ether oxygens (including phenoxy) is 1. The molecule has 3 nitrogen and oxygen atoms in total. The molecule has 1 fully saturated rings. The first kappa shape index (κ1) is 16.5. The molecule has 2 rings (SSSR count). The first-order valence-corrected chi connectivity index (χ1v) is 8.11. The first-order chi connectivity index (χ1) is 10.7. The summed E-state index contributed by atoms with van der Waals surface area (Å²) >= 11 is 0. The topological polar surface area (TPSA) is 43.4 Å². The largest absolute Gasteiger partial charge is 0.465 e. The molecule has 0 amide bonds. The zero-order chi connectivity index (χ0) is 15.8. The molecule has 1 aromatic rings. The molecule has 1 atom stereocenters. The third kappa shape index (κ3) is 3.85. The Morgan fingerprint density at radius 1 is 1.23 bits per heavy atom. The minimum Gasteiger partial charge on any atom is -0.465 e. The quantitative estimate of drug-likeness (QED) is 0.465. The van der Waals surface area contributed by atoms with E-state index >= 15 is 0 Å². The minimum atomic E-state index is -0.974. The fourth-order valence-electron chi connectivity index (χ4n) is 3.01. The predicted octanol–water partition coefficient (Wildman–Crippen LogP) is 4.17. The predicted molar refractivity (Wildman–Crippen MR) is 87.3 cm³/mol. The van der Waals surface area contributed by atoms with E-state index in [-0.39, 0.29) is 11.8 Å².